The van der Waals surface area contributed by atoms with Crippen LogP contribution in [0.2, 0.25) is 5.02 Å². The molecule has 1 heterocycles. The summed E-state index contributed by atoms with van der Waals surface area (Å²) in [7, 11) is 0. The van der Waals surface area contributed by atoms with Gasteiger partial charge in [-0.2, -0.15) is 15.0 Å². The highest BCUT2D eigenvalue weighted by Crippen LogP contribution is 2.23. The first kappa shape index (κ1) is 32.4. The Labute approximate surface area is 257 Å². The average molecular weight is 613 g/mol. The molecule has 0 saturated heterocycles. The molecule has 0 radical (unpaired) electrons. The third-order valence-corrected chi connectivity index (χ3v) is 7.06. The fourth-order valence-corrected chi connectivity index (χ4v) is 4.64. The first-order valence-corrected chi connectivity index (χ1v) is 15.0. The van der Waals surface area contributed by atoms with Crippen LogP contribution >= 0.6 is 11.6 Å². The summed E-state index contributed by atoms with van der Waals surface area (Å²) in [5.41, 5.74) is 8.05. The van der Waals surface area contributed by atoms with Gasteiger partial charge in [-0.05, 0) is 61.1 Å². The van der Waals surface area contributed by atoms with Gasteiger partial charge in [0, 0.05) is 36.4 Å². The molecule has 7 N–H and O–H groups in total. The number of rotatable bonds is 17. The standard InChI is InChI=1S/C30H41ClN8O4/c31-23-5-1-22(2-6-23)20-34-28-37-29(39-30(38-28)36-25-9-11-26(40)12-10-25)35-24-7-3-21(4-8-24)19-27(41)33-14-16-43-18-17-42-15-13-32/h1-8,25-26,40H,9-20,32H2,(H,33,41)(H3,34,35,36,37,38,39). The van der Waals surface area contributed by atoms with Gasteiger partial charge in [-0.1, -0.05) is 35.9 Å². The van der Waals surface area contributed by atoms with E-state index in [1.165, 1.54) is 0 Å². The first-order chi connectivity index (χ1) is 21.0. The Morgan fingerprint density at radius 3 is 2.23 bits per heavy atom. The molecule has 1 saturated carbocycles. The quantitative estimate of drug-likeness (QED) is 0.124. The van der Waals surface area contributed by atoms with E-state index in [0.717, 1.165) is 42.5 Å². The van der Waals surface area contributed by atoms with E-state index in [2.05, 4.69) is 36.2 Å². The molecule has 43 heavy (non-hydrogen) atoms. The summed E-state index contributed by atoms with van der Waals surface area (Å²) in [5.74, 6) is 1.18. The second-order valence-electron chi connectivity index (χ2n) is 10.3. The van der Waals surface area contributed by atoms with Gasteiger partial charge in [-0.25, -0.2) is 0 Å². The van der Waals surface area contributed by atoms with Gasteiger partial charge in [-0.3, -0.25) is 4.79 Å². The number of carbonyl (C=O) groups excluding carboxylic acids is 1. The monoisotopic (exact) mass is 612 g/mol. The predicted octanol–water partition coefficient (Wildman–Crippen LogP) is 3.25. The van der Waals surface area contributed by atoms with Crippen LogP contribution < -0.4 is 27.0 Å². The highest BCUT2D eigenvalue weighted by Gasteiger charge is 2.20. The van der Waals surface area contributed by atoms with Gasteiger partial charge < -0.3 is 41.6 Å². The fraction of sp³-hybridized carbons (Fsp3) is 0.467. The molecule has 3 aromatic rings. The summed E-state index contributed by atoms with van der Waals surface area (Å²) in [4.78, 5) is 26.1. The van der Waals surface area contributed by atoms with Crippen LogP contribution in [0.15, 0.2) is 48.5 Å². The normalized spacial score (nSPS) is 16.4. The van der Waals surface area contributed by atoms with Crippen molar-refractivity contribution in [3.05, 3.63) is 64.7 Å². The molecule has 0 aliphatic heterocycles. The van der Waals surface area contributed by atoms with Gasteiger partial charge in [0.25, 0.3) is 0 Å². The Balaban J connectivity index is 1.31. The number of benzene rings is 2. The van der Waals surface area contributed by atoms with Crippen molar-refractivity contribution in [2.24, 2.45) is 5.73 Å². The van der Waals surface area contributed by atoms with Crippen molar-refractivity contribution in [1.29, 1.82) is 0 Å². The van der Waals surface area contributed by atoms with Gasteiger partial charge >= 0.3 is 0 Å². The summed E-state index contributed by atoms with van der Waals surface area (Å²) < 4.78 is 10.7. The number of aromatic nitrogens is 3. The topological polar surface area (TPSA) is 169 Å². The zero-order valence-electron chi connectivity index (χ0n) is 24.2. The molecule has 0 spiro atoms. The molecule has 1 fully saturated rings. The Morgan fingerprint density at radius 1 is 0.860 bits per heavy atom. The first-order valence-electron chi connectivity index (χ1n) is 14.6. The Morgan fingerprint density at radius 2 is 1.51 bits per heavy atom. The van der Waals surface area contributed by atoms with E-state index in [-0.39, 0.29) is 24.5 Å². The van der Waals surface area contributed by atoms with Crippen LogP contribution in [0, 0.1) is 0 Å². The summed E-state index contributed by atoms with van der Waals surface area (Å²) >= 11 is 6.01. The average Bonchev–Trinajstić information content (AvgIpc) is 3.00. The molecule has 232 valence electrons. The lowest BCUT2D eigenvalue weighted by Gasteiger charge is -2.26. The minimum atomic E-state index is -0.245. The van der Waals surface area contributed by atoms with Crippen molar-refractivity contribution in [3.63, 3.8) is 0 Å². The highest BCUT2D eigenvalue weighted by atomic mass is 35.5. The van der Waals surface area contributed by atoms with Crippen LogP contribution in [0.5, 0.6) is 0 Å². The molecule has 0 unspecified atom stereocenters. The third kappa shape index (κ3) is 11.9. The number of nitrogens with one attached hydrogen (secondary N) is 4. The van der Waals surface area contributed by atoms with Gasteiger partial charge in [0.15, 0.2) is 0 Å². The van der Waals surface area contributed by atoms with E-state index in [1.807, 2.05) is 48.5 Å². The minimum Gasteiger partial charge on any atom is -0.393 e. The lowest BCUT2D eigenvalue weighted by atomic mass is 9.93. The Bertz CT molecular complexity index is 1260. The minimum absolute atomic E-state index is 0.0801. The molecule has 13 heteroatoms. The van der Waals surface area contributed by atoms with Crippen LogP contribution in [0.3, 0.4) is 0 Å². The maximum Gasteiger partial charge on any atom is 0.233 e. The van der Waals surface area contributed by atoms with E-state index >= 15 is 0 Å². The van der Waals surface area contributed by atoms with Crippen molar-refractivity contribution >= 4 is 41.0 Å². The van der Waals surface area contributed by atoms with Crippen LogP contribution in [0.1, 0.15) is 36.8 Å². The van der Waals surface area contributed by atoms with Crippen molar-refractivity contribution < 1.29 is 19.4 Å². The summed E-state index contributed by atoms with van der Waals surface area (Å²) in [5, 5.41) is 23.3. The number of halogens is 1. The van der Waals surface area contributed by atoms with Crippen molar-refractivity contribution in [2.45, 2.75) is 50.8 Å². The van der Waals surface area contributed by atoms with E-state index in [1.54, 1.807) is 0 Å². The highest BCUT2D eigenvalue weighted by molar-refractivity contribution is 6.30. The number of hydrogen-bond donors (Lipinski definition) is 6. The van der Waals surface area contributed by atoms with Crippen LogP contribution in [0.4, 0.5) is 23.5 Å². The van der Waals surface area contributed by atoms with E-state index in [9.17, 15) is 9.90 Å². The molecule has 0 bridgehead atoms. The molecule has 1 amide bonds. The van der Waals surface area contributed by atoms with E-state index < -0.39 is 0 Å². The number of nitrogens with zero attached hydrogens (tertiary/aromatic N) is 3. The second-order valence-corrected chi connectivity index (χ2v) is 10.7. The molecule has 12 nitrogen and oxygen atoms in total. The Kier molecular flexibility index (Phi) is 13.2. The number of nitrogens with two attached hydrogens (primary N) is 1. The molecule has 1 aliphatic rings. The van der Waals surface area contributed by atoms with Gasteiger partial charge in [0.1, 0.15) is 0 Å². The zero-order chi connectivity index (χ0) is 30.3. The van der Waals surface area contributed by atoms with Gasteiger partial charge in [0.2, 0.25) is 23.8 Å². The van der Waals surface area contributed by atoms with E-state index in [0.29, 0.717) is 68.9 Å². The molecule has 4 rings (SSSR count). The molecular weight excluding hydrogens is 572 g/mol. The van der Waals surface area contributed by atoms with Crippen LogP contribution in [-0.4, -0.2) is 77.6 Å². The maximum atomic E-state index is 12.3. The number of hydrogen-bond acceptors (Lipinski definition) is 11. The molecule has 1 aliphatic carbocycles. The fourth-order valence-electron chi connectivity index (χ4n) is 4.51. The van der Waals surface area contributed by atoms with Crippen LogP contribution in [-0.2, 0) is 27.2 Å². The van der Waals surface area contributed by atoms with Crippen molar-refractivity contribution in [3.8, 4) is 0 Å². The Hall–Kier alpha value is -3.55. The lowest BCUT2D eigenvalue weighted by Crippen LogP contribution is -2.29. The van der Waals surface area contributed by atoms with E-state index in [4.69, 9.17) is 26.8 Å². The summed E-state index contributed by atoms with van der Waals surface area (Å²) in [6, 6.07) is 15.3. The smallest absolute Gasteiger partial charge is 0.233 e. The number of amides is 1. The van der Waals surface area contributed by atoms with Crippen LogP contribution in [0.25, 0.3) is 0 Å². The molecule has 1 aromatic heterocycles. The number of anilines is 4. The molecule has 2 aromatic carbocycles. The van der Waals surface area contributed by atoms with Gasteiger partial charge in [-0.15, -0.1) is 0 Å². The third-order valence-electron chi connectivity index (χ3n) is 6.81. The summed E-state index contributed by atoms with van der Waals surface area (Å²) in [6.07, 6.45) is 3.20. The second kappa shape index (κ2) is 17.5. The SMILES string of the molecule is NCCOCCOCCNC(=O)Cc1ccc(Nc2nc(NCc3ccc(Cl)cc3)nc(NC3CCC(O)CC3)n2)cc1. The lowest BCUT2D eigenvalue weighted by molar-refractivity contribution is -0.120. The number of aliphatic hydroxyl groups excluding tert-OH is 1. The zero-order valence-corrected chi connectivity index (χ0v) is 25.0. The molecular formula is C30H41ClN8O4. The summed E-state index contributed by atoms with van der Waals surface area (Å²) in [6.45, 7) is 3.32. The largest absolute Gasteiger partial charge is 0.393 e. The van der Waals surface area contributed by atoms with Crippen molar-refractivity contribution in [1.82, 2.24) is 20.3 Å². The number of ether oxygens (including phenoxy) is 2. The molecule has 0 atom stereocenters. The predicted molar refractivity (Wildman–Crippen MR) is 168 cm³/mol. The maximum absolute atomic E-state index is 12.3. The van der Waals surface area contributed by atoms with Gasteiger partial charge in [0.05, 0.1) is 39.0 Å². The van der Waals surface area contributed by atoms with Crippen molar-refractivity contribution in [2.75, 3.05) is 55.5 Å². The number of aliphatic hydroxyl groups is 1. The number of carbonyl (C=O) groups is 1.